The van der Waals surface area contributed by atoms with E-state index in [1.165, 1.54) is 0 Å². The largest absolute Gasteiger partial charge is 0.325 e. The van der Waals surface area contributed by atoms with Gasteiger partial charge in [-0.15, -0.1) is 0 Å². The highest BCUT2D eigenvalue weighted by molar-refractivity contribution is 5.12. The van der Waals surface area contributed by atoms with Gasteiger partial charge in [0.05, 0.1) is 0 Å². The molecule has 0 bridgehead atoms. The average molecular weight is 182 g/mol. The van der Waals surface area contributed by atoms with Gasteiger partial charge in [0.25, 0.3) is 0 Å². The number of hydrogen-bond acceptors (Lipinski definition) is 3. The van der Waals surface area contributed by atoms with Gasteiger partial charge in [0.2, 0.25) is 0 Å². The van der Waals surface area contributed by atoms with Gasteiger partial charge in [-0.25, -0.2) is 4.98 Å². The lowest BCUT2D eigenvalue weighted by Gasteiger charge is -2.37. The zero-order valence-electron chi connectivity index (χ0n) is 9.00. The first-order valence-electron chi connectivity index (χ1n) is 4.40. The Morgan fingerprint density at radius 1 is 1.31 bits per heavy atom. The molecule has 0 saturated heterocycles. The highest BCUT2D eigenvalue weighted by Gasteiger charge is 2.38. The van der Waals surface area contributed by atoms with E-state index in [0.717, 1.165) is 5.82 Å². The van der Waals surface area contributed by atoms with Gasteiger partial charge in [-0.3, -0.25) is 4.68 Å². The molecule has 0 fully saturated rings. The standard InChI is InChI=1S/C9H18N4/c1-8(2,9(3,4)10)7-11-6-12-13(7)5/h6H,10H2,1-5H3. The number of rotatable bonds is 2. The number of aromatic nitrogens is 3. The number of nitrogens with zero attached hydrogens (tertiary/aromatic N) is 3. The van der Waals surface area contributed by atoms with Crippen LogP contribution in [0.2, 0.25) is 0 Å². The Balaban J connectivity index is 3.15. The van der Waals surface area contributed by atoms with Crippen LogP contribution in [0.3, 0.4) is 0 Å². The van der Waals surface area contributed by atoms with E-state index in [2.05, 4.69) is 23.9 Å². The van der Waals surface area contributed by atoms with Crippen LogP contribution < -0.4 is 5.73 Å². The summed E-state index contributed by atoms with van der Waals surface area (Å²) in [5, 5.41) is 4.05. The second kappa shape index (κ2) is 2.80. The van der Waals surface area contributed by atoms with Gasteiger partial charge in [-0.05, 0) is 13.8 Å². The first kappa shape index (κ1) is 10.2. The molecule has 0 spiro atoms. The first-order valence-corrected chi connectivity index (χ1v) is 4.40. The fourth-order valence-corrected chi connectivity index (χ4v) is 1.15. The van der Waals surface area contributed by atoms with Crippen LogP contribution in [0.1, 0.15) is 33.5 Å². The van der Waals surface area contributed by atoms with E-state index in [-0.39, 0.29) is 11.0 Å². The van der Waals surface area contributed by atoms with Crippen molar-refractivity contribution >= 4 is 0 Å². The molecular formula is C9H18N4. The molecule has 1 aromatic rings. The van der Waals surface area contributed by atoms with E-state index in [1.807, 2.05) is 20.9 Å². The van der Waals surface area contributed by atoms with Crippen molar-refractivity contribution in [2.45, 2.75) is 38.6 Å². The normalized spacial score (nSPS) is 13.4. The minimum Gasteiger partial charge on any atom is -0.325 e. The molecule has 0 atom stereocenters. The highest BCUT2D eigenvalue weighted by Crippen LogP contribution is 2.30. The molecule has 1 heterocycles. The molecule has 0 aliphatic carbocycles. The van der Waals surface area contributed by atoms with Gasteiger partial charge in [-0.1, -0.05) is 13.8 Å². The van der Waals surface area contributed by atoms with Crippen molar-refractivity contribution in [3.8, 4) is 0 Å². The van der Waals surface area contributed by atoms with Crippen LogP contribution in [0.15, 0.2) is 6.33 Å². The lowest BCUT2D eigenvalue weighted by atomic mass is 9.74. The van der Waals surface area contributed by atoms with Crippen LogP contribution >= 0.6 is 0 Å². The molecule has 0 aliphatic rings. The fourth-order valence-electron chi connectivity index (χ4n) is 1.15. The minimum absolute atomic E-state index is 0.182. The number of aryl methyl sites for hydroxylation is 1. The lowest BCUT2D eigenvalue weighted by Crippen LogP contribution is -2.51. The summed E-state index contributed by atoms with van der Waals surface area (Å²) in [5.74, 6) is 0.917. The summed E-state index contributed by atoms with van der Waals surface area (Å²) in [5.41, 5.74) is 5.60. The summed E-state index contributed by atoms with van der Waals surface area (Å²) in [6, 6.07) is 0. The minimum atomic E-state index is -0.312. The van der Waals surface area contributed by atoms with Gasteiger partial charge < -0.3 is 5.73 Å². The maximum absolute atomic E-state index is 6.09. The molecule has 4 heteroatoms. The predicted molar refractivity (Wildman–Crippen MR) is 52.3 cm³/mol. The highest BCUT2D eigenvalue weighted by atomic mass is 15.3. The Morgan fingerprint density at radius 2 is 1.85 bits per heavy atom. The molecule has 0 amide bonds. The summed E-state index contributed by atoms with van der Waals surface area (Å²) in [7, 11) is 1.88. The summed E-state index contributed by atoms with van der Waals surface area (Å²) >= 11 is 0. The SMILES string of the molecule is Cn1ncnc1C(C)(C)C(C)(C)N. The molecule has 4 nitrogen and oxygen atoms in total. The maximum atomic E-state index is 6.09. The number of nitrogens with two attached hydrogens (primary N) is 1. The Hall–Kier alpha value is -0.900. The number of hydrogen-bond donors (Lipinski definition) is 1. The summed E-state index contributed by atoms with van der Waals surface area (Å²) in [6.45, 7) is 8.16. The third-order valence-corrected chi connectivity index (χ3v) is 2.88. The Labute approximate surface area is 79.2 Å². The van der Waals surface area contributed by atoms with Crippen LogP contribution in [0.25, 0.3) is 0 Å². The molecule has 1 aromatic heterocycles. The quantitative estimate of drug-likeness (QED) is 0.737. The van der Waals surface area contributed by atoms with Gasteiger partial charge in [0, 0.05) is 18.0 Å². The van der Waals surface area contributed by atoms with E-state index < -0.39 is 0 Å². The van der Waals surface area contributed by atoms with Crippen molar-refractivity contribution in [3.63, 3.8) is 0 Å². The molecule has 2 N–H and O–H groups in total. The Bertz CT molecular complexity index is 293. The fraction of sp³-hybridized carbons (Fsp3) is 0.778. The van der Waals surface area contributed by atoms with Crippen LogP contribution in [0, 0.1) is 0 Å². The summed E-state index contributed by atoms with van der Waals surface area (Å²) in [4.78, 5) is 4.23. The molecule has 1 rings (SSSR count). The molecule has 0 unspecified atom stereocenters. The zero-order valence-corrected chi connectivity index (χ0v) is 9.00. The Kier molecular flexibility index (Phi) is 2.20. The third kappa shape index (κ3) is 1.58. The monoisotopic (exact) mass is 182 g/mol. The molecular weight excluding hydrogens is 164 g/mol. The summed E-state index contributed by atoms with van der Waals surface area (Å²) < 4.78 is 1.77. The van der Waals surface area contributed by atoms with Crippen LogP contribution in [0.4, 0.5) is 0 Å². The maximum Gasteiger partial charge on any atom is 0.138 e. The van der Waals surface area contributed by atoms with E-state index >= 15 is 0 Å². The summed E-state index contributed by atoms with van der Waals surface area (Å²) in [6.07, 6.45) is 1.56. The van der Waals surface area contributed by atoms with Crippen LogP contribution in [-0.4, -0.2) is 20.3 Å². The van der Waals surface area contributed by atoms with Crippen molar-refractivity contribution < 1.29 is 0 Å². The van der Waals surface area contributed by atoms with E-state index in [0.29, 0.717) is 0 Å². The molecule has 0 saturated carbocycles. The van der Waals surface area contributed by atoms with Crippen molar-refractivity contribution in [2.75, 3.05) is 0 Å². The molecule has 74 valence electrons. The van der Waals surface area contributed by atoms with E-state index in [4.69, 9.17) is 5.73 Å². The van der Waals surface area contributed by atoms with Crippen molar-refractivity contribution in [3.05, 3.63) is 12.2 Å². The van der Waals surface area contributed by atoms with Crippen molar-refractivity contribution in [1.29, 1.82) is 0 Å². The predicted octanol–water partition coefficient (Wildman–Crippen LogP) is 0.830. The molecule has 0 radical (unpaired) electrons. The lowest BCUT2D eigenvalue weighted by molar-refractivity contribution is 0.282. The van der Waals surface area contributed by atoms with Crippen molar-refractivity contribution in [1.82, 2.24) is 14.8 Å². The van der Waals surface area contributed by atoms with Crippen LogP contribution in [-0.2, 0) is 12.5 Å². The first-order chi connectivity index (χ1) is 5.77. The second-order valence-electron chi connectivity index (χ2n) is 4.55. The third-order valence-electron chi connectivity index (χ3n) is 2.88. The average Bonchev–Trinajstić information content (AvgIpc) is 2.32. The zero-order chi connectivity index (χ0) is 10.3. The van der Waals surface area contributed by atoms with E-state index in [1.54, 1.807) is 11.0 Å². The topological polar surface area (TPSA) is 56.7 Å². The second-order valence-corrected chi connectivity index (χ2v) is 4.55. The van der Waals surface area contributed by atoms with Gasteiger partial charge in [0.1, 0.15) is 12.2 Å². The van der Waals surface area contributed by atoms with Gasteiger partial charge >= 0.3 is 0 Å². The van der Waals surface area contributed by atoms with Crippen molar-refractivity contribution in [2.24, 2.45) is 12.8 Å². The molecule has 13 heavy (non-hydrogen) atoms. The van der Waals surface area contributed by atoms with E-state index in [9.17, 15) is 0 Å². The van der Waals surface area contributed by atoms with Gasteiger partial charge in [0.15, 0.2) is 0 Å². The van der Waals surface area contributed by atoms with Gasteiger partial charge in [-0.2, -0.15) is 5.10 Å². The molecule has 0 aliphatic heterocycles. The smallest absolute Gasteiger partial charge is 0.138 e. The Morgan fingerprint density at radius 3 is 2.15 bits per heavy atom. The molecule has 0 aromatic carbocycles. The van der Waals surface area contributed by atoms with Crippen LogP contribution in [0.5, 0.6) is 0 Å².